The maximum absolute atomic E-state index is 12.3. The first-order chi connectivity index (χ1) is 11.6. The number of fused-ring (bicyclic) bond motifs is 1. The van der Waals surface area contributed by atoms with Crippen LogP contribution in [-0.2, 0) is 0 Å². The minimum absolute atomic E-state index is 0.251. The highest BCUT2D eigenvalue weighted by Crippen LogP contribution is 2.25. The fraction of sp³-hybridized carbons (Fsp3) is 0.200. The van der Waals surface area contributed by atoms with E-state index in [4.69, 9.17) is 0 Å². The first kappa shape index (κ1) is 16.6. The Hall–Kier alpha value is -2.26. The lowest BCUT2D eigenvalue weighted by Gasteiger charge is -2.13. The number of imide groups is 1. The molecule has 0 fully saturated rings. The summed E-state index contributed by atoms with van der Waals surface area (Å²) in [5, 5.41) is 7.53. The van der Waals surface area contributed by atoms with Crippen molar-refractivity contribution in [3.63, 3.8) is 0 Å². The predicted molar refractivity (Wildman–Crippen MR) is 93.3 cm³/mol. The van der Waals surface area contributed by atoms with Crippen LogP contribution in [0.3, 0.4) is 0 Å². The Morgan fingerprint density at radius 2 is 2.04 bits per heavy atom. The molecule has 0 unspecified atom stereocenters. The van der Waals surface area contributed by atoms with Crippen LogP contribution in [0.2, 0.25) is 0 Å². The number of thiazole rings is 1. The normalized spacial score (nSPS) is 13.1. The molecule has 0 radical (unpaired) electrons. The summed E-state index contributed by atoms with van der Waals surface area (Å²) in [5.74, 6) is -0.599. The first-order valence-corrected chi connectivity index (χ1v) is 8.83. The molecule has 0 atom stereocenters. The molecule has 1 aromatic carbocycles. The number of amides is 4. The van der Waals surface area contributed by atoms with E-state index in [1.807, 2.05) is 0 Å². The van der Waals surface area contributed by atoms with Crippen molar-refractivity contribution in [1.82, 2.24) is 15.2 Å². The quantitative estimate of drug-likeness (QED) is 0.587. The van der Waals surface area contributed by atoms with Crippen molar-refractivity contribution in [2.24, 2.45) is 0 Å². The summed E-state index contributed by atoms with van der Waals surface area (Å²) in [6.07, 6.45) is 2.07. The Kier molecular flexibility index (Phi) is 4.91. The minimum atomic E-state index is -0.365. The lowest BCUT2D eigenvalue weighted by molar-refractivity contribution is 0.0653. The molecule has 1 aliphatic rings. The second kappa shape index (κ2) is 7.10. The summed E-state index contributed by atoms with van der Waals surface area (Å²) in [7, 11) is 0. The number of rotatable bonds is 5. The molecule has 0 saturated heterocycles. The van der Waals surface area contributed by atoms with Gasteiger partial charge in [-0.3, -0.25) is 19.8 Å². The number of benzene rings is 1. The third-order valence-electron chi connectivity index (χ3n) is 3.43. The molecule has 0 saturated carbocycles. The van der Waals surface area contributed by atoms with Crippen LogP contribution in [0.5, 0.6) is 0 Å². The monoisotopic (exact) mass is 408 g/mol. The van der Waals surface area contributed by atoms with Crippen LogP contribution < -0.4 is 10.6 Å². The highest BCUT2D eigenvalue weighted by Gasteiger charge is 2.34. The number of urea groups is 1. The van der Waals surface area contributed by atoms with Gasteiger partial charge in [-0.1, -0.05) is 15.9 Å². The second-order valence-electron chi connectivity index (χ2n) is 5.02. The average Bonchev–Trinajstić information content (AvgIpc) is 3.13. The molecule has 2 aromatic rings. The Morgan fingerprint density at radius 1 is 1.25 bits per heavy atom. The Bertz CT molecular complexity index is 794. The van der Waals surface area contributed by atoms with E-state index >= 15 is 0 Å². The number of carbonyl (C=O) groups excluding carboxylic acids is 3. The number of aromatic nitrogens is 1. The molecule has 24 heavy (non-hydrogen) atoms. The fourth-order valence-electron chi connectivity index (χ4n) is 2.33. The topological polar surface area (TPSA) is 91.4 Å². The molecule has 9 heteroatoms. The van der Waals surface area contributed by atoms with E-state index < -0.39 is 0 Å². The lowest BCUT2D eigenvalue weighted by Crippen LogP contribution is -2.35. The number of nitrogens with zero attached hydrogens (tertiary/aromatic N) is 2. The van der Waals surface area contributed by atoms with Crippen molar-refractivity contribution < 1.29 is 14.4 Å². The van der Waals surface area contributed by atoms with Crippen LogP contribution in [0, 0.1) is 0 Å². The number of halogens is 1. The van der Waals surface area contributed by atoms with E-state index in [2.05, 4.69) is 31.5 Å². The maximum Gasteiger partial charge on any atom is 0.321 e. The van der Waals surface area contributed by atoms with Gasteiger partial charge in [0.15, 0.2) is 5.13 Å². The van der Waals surface area contributed by atoms with Crippen LogP contribution in [0.15, 0.2) is 34.2 Å². The van der Waals surface area contributed by atoms with Gasteiger partial charge in [0, 0.05) is 29.1 Å². The van der Waals surface area contributed by atoms with E-state index in [9.17, 15) is 14.4 Å². The number of carbonyl (C=O) groups is 3. The fourth-order valence-corrected chi connectivity index (χ4v) is 3.22. The number of nitrogens with one attached hydrogen (secondary N) is 2. The summed E-state index contributed by atoms with van der Waals surface area (Å²) in [6.45, 7) is 0.593. The Morgan fingerprint density at radius 3 is 2.79 bits per heavy atom. The van der Waals surface area contributed by atoms with E-state index in [-0.39, 0.29) is 24.4 Å². The largest absolute Gasteiger partial charge is 0.338 e. The maximum atomic E-state index is 12.3. The molecule has 0 bridgehead atoms. The number of hydrogen-bond acceptors (Lipinski definition) is 5. The molecule has 2 N–H and O–H groups in total. The Labute approximate surface area is 150 Å². The van der Waals surface area contributed by atoms with Crippen LogP contribution in [0.25, 0.3) is 0 Å². The van der Waals surface area contributed by atoms with Crippen LogP contribution in [0.1, 0.15) is 27.1 Å². The van der Waals surface area contributed by atoms with Crippen molar-refractivity contribution in [2.45, 2.75) is 6.42 Å². The minimum Gasteiger partial charge on any atom is -0.338 e. The molecule has 4 amide bonds. The molecule has 0 aliphatic carbocycles. The smallest absolute Gasteiger partial charge is 0.321 e. The van der Waals surface area contributed by atoms with E-state index in [1.165, 1.54) is 16.2 Å². The van der Waals surface area contributed by atoms with Gasteiger partial charge in [-0.05, 0) is 24.6 Å². The van der Waals surface area contributed by atoms with Gasteiger partial charge >= 0.3 is 6.03 Å². The van der Waals surface area contributed by atoms with Gasteiger partial charge in [0.05, 0.1) is 11.1 Å². The highest BCUT2D eigenvalue weighted by atomic mass is 79.9. The van der Waals surface area contributed by atoms with Crippen molar-refractivity contribution in [2.75, 3.05) is 18.4 Å². The predicted octanol–water partition coefficient (Wildman–Crippen LogP) is 2.71. The average molecular weight is 409 g/mol. The van der Waals surface area contributed by atoms with Gasteiger partial charge < -0.3 is 5.32 Å². The van der Waals surface area contributed by atoms with Crippen molar-refractivity contribution in [3.05, 3.63) is 45.4 Å². The van der Waals surface area contributed by atoms with Crippen molar-refractivity contribution in [1.29, 1.82) is 0 Å². The third-order valence-corrected chi connectivity index (χ3v) is 4.61. The van der Waals surface area contributed by atoms with Crippen LogP contribution in [0.4, 0.5) is 9.93 Å². The zero-order valence-electron chi connectivity index (χ0n) is 12.4. The van der Waals surface area contributed by atoms with E-state index in [1.54, 1.807) is 29.8 Å². The molecular formula is C15H13BrN4O3S. The third kappa shape index (κ3) is 3.46. The summed E-state index contributed by atoms with van der Waals surface area (Å²) >= 11 is 4.62. The molecule has 7 nitrogen and oxygen atoms in total. The molecular weight excluding hydrogens is 396 g/mol. The molecule has 124 valence electrons. The standard InChI is InChI=1S/C15H13BrN4O3S/c16-9-2-3-10-11(8-9)13(22)20(12(10)21)6-1-4-17-14(23)19-15-18-5-7-24-15/h2-3,5,7-8H,1,4,6H2,(H2,17,18,19,23). The lowest BCUT2D eigenvalue weighted by atomic mass is 10.1. The summed E-state index contributed by atoms with van der Waals surface area (Å²) < 4.78 is 0.754. The van der Waals surface area contributed by atoms with Gasteiger partial charge in [-0.2, -0.15) is 0 Å². The number of hydrogen-bond donors (Lipinski definition) is 2. The van der Waals surface area contributed by atoms with Gasteiger partial charge in [-0.25, -0.2) is 9.78 Å². The Balaban J connectivity index is 1.48. The van der Waals surface area contributed by atoms with E-state index in [0.717, 1.165) is 4.47 Å². The summed E-state index contributed by atoms with van der Waals surface area (Å²) in [4.78, 5) is 41.3. The zero-order valence-corrected chi connectivity index (χ0v) is 14.8. The molecule has 2 heterocycles. The summed E-state index contributed by atoms with van der Waals surface area (Å²) in [5.41, 5.74) is 0.821. The first-order valence-electron chi connectivity index (χ1n) is 7.16. The van der Waals surface area contributed by atoms with Gasteiger partial charge in [0.25, 0.3) is 11.8 Å². The molecule has 0 spiro atoms. The van der Waals surface area contributed by atoms with Gasteiger partial charge in [0.1, 0.15) is 0 Å². The number of anilines is 1. The van der Waals surface area contributed by atoms with Gasteiger partial charge in [0.2, 0.25) is 0 Å². The van der Waals surface area contributed by atoms with E-state index in [0.29, 0.717) is 29.2 Å². The zero-order chi connectivity index (χ0) is 17.1. The van der Waals surface area contributed by atoms with Gasteiger partial charge in [-0.15, -0.1) is 11.3 Å². The second-order valence-corrected chi connectivity index (χ2v) is 6.83. The highest BCUT2D eigenvalue weighted by molar-refractivity contribution is 9.10. The molecule has 3 rings (SSSR count). The SMILES string of the molecule is O=C(NCCCN1C(=O)c2ccc(Br)cc2C1=O)Nc1nccs1. The molecule has 1 aliphatic heterocycles. The van der Waals surface area contributed by atoms with Crippen LogP contribution >= 0.6 is 27.3 Å². The summed E-state index contributed by atoms with van der Waals surface area (Å²) in [6, 6.07) is 4.66. The van der Waals surface area contributed by atoms with Crippen LogP contribution in [-0.4, -0.2) is 40.8 Å². The molecule has 1 aromatic heterocycles. The van der Waals surface area contributed by atoms with Crippen molar-refractivity contribution in [3.8, 4) is 0 Å². The van der Waals surface area contributed by atoms with Crippen molar-refractivity contribution >= 4 is 50.2 Å².